The van der Waals surface area contributed by atoms with Gasteiger partial charge in [-0.15, -0.1) is 0 Å². The van der Waals surface area contributed by atoms with Gasteiger partial charge >= 0.3 is 11.9 Å². The molecule has 2 aromatic carbocycles. The summed E-state index contributed by atoms with van der Waals surface area (Å²) >= 11 is 0. The van der Waals surface area contributed by atoms with E-state index in [0.717, 1.165) is 0 Å². The molecule has 0 aliphatic carbocycles. The van der Waals surface area contributed by atoms with Crippen molar-refractivity contribution < 1.29 is 34.1 Å². The number of aromatic hydroxyl groups is 2. The highest BCUT2D eigenvalue weighted by atomic mass is 16.5. The van der Waals surface area contributed by atoms with Crippen LogP contribution >= 0.6 is 0 Å². The molecule has 2 saturated heterocycles. The molecule has 2 aliphatic heterocycles. The fourth-order valence-corrected chi connectivity index (χ4v) is 6.05. The van der Waals surface area contributed by atoms with Gasteiger partial charge < -0.3 is 24.6 Å². The Morgan fingerprint density at radius 3 is 1.62 bits per heavy atom. The van der Waals surface area contributed by atoms with E-state index in [2.05, 4.69) is 0 Å². The predicted octanol–water partition coefficient (Wildman–Crippen LogP) is 1.66. The summed E-state index contributed by atoms with van der Waals surface area (Å²) in [5.74, 6) is -2.20. The molecule has 0 saturated carbocycles. The van der Waals surface area contributed by atoms with Crippen molar-refractivity contribution in [3.63, 3.8) is 0 Å². The van der Waals surface area contributed by atoms with Gasteiger partial charge in [-0.1, -0.05) is 24.3 Å². The van der Waals surface area contributed by atoms with E-state index in [-0.39, 0.29) is 24.6 Å². The summed E-state index contributed by atoms with van der Waals surface area (Å²) in [7, 11) is 5.86. The van der Waals surface area contributed by atoms with Crippen LogP contribution in [0.25, 0.3) is 0 Å². The largest absolute Gasteiger partial charge is 0.508 e. The summed E-state index contributed by atoms with van der Waals surface area (Å²) in [5, 5.41) is 20.4. The third-order valence-corrected chi connectivity index (χ3v) is 7.07. The zero-order valence-corrected chi connectivity index (χ0v) is 19.5. The van der Waals surface area contributed by atoms with Crippen LogP contribution in [0.1, 0.15) is 23.2 Å². The average molecular weight is 469 g/mol. The molecule has 4 rings (SSSR count). The van der Waals surface area contributed by atoms with Crippen LogP contribution < -0.4 is 0 Å². The lowest BCUT2D eigenvalue weighted by Crippen LogP contribution is -2.75. The lowest BCUT2D eigenvalue weighted by atomic mass is 9.54. The Balaban J connectivity index is 2.09. The number of hydrogen-bond donors (Lipinski definition) is 2. The number of hydrogen-bond acceptors (Lipinski definition) is 9. The Morgan fingerprint density at radius 1 is 0.853 bits per heavy atom. The zero-order chi connectivity index (χ0) is 24.8. The SMILES string of the molecule is COC(=O)[C@@]12CN(C)C[C@@](C(=O)OC)(C1=O)C(c1cccc(O)c1)N(C)C2c1cccc(O)c1. The van der Waals surface area contributed by atoms with Crippen molar-refractivity contribution in [2.45, 2.75) is 12.1 Å². The van der Waals surface area contributed by atoms with Crippen molar-refractivity contribution >= 4 is 17.7 Å². The van der Waals surface area contributed by atoms with Crippen molar-refractivity contribution in [3.05, 3.63) is 59.7 Å². The molecule has 0 spiro atoms. The second kappa shape index (κ2) is 8.41. The molecule has 180 valence electrons. The van der Waals surface area contributed by atoms with Crippen LogP contribution in [0.2, 0.25) is 0 Å². The number of ether oxygens (including phenoxy) is 2. The van der Waals surface area contributed by atoms with E-state index in [9.17, 15) is 24.6 Å². The third kappa shape index (κ3) is 3.19. The molecule has 2 N–H and O–H groups in total. The quantitative estimate of drug-likeness (QED) is 0.510. The Hall–Kier alpha value is -3.43. The first kappa shape index (κ1) is 23.7. The standard InChI is InChI=1S/C25H28N2O7/c1-26-13-24(22(31)33-3)19(15-7-5-9-17(28)11-15)27(2)20(16-8-6-10-18(29)12-16)25(14-26,21(24)30)23(32)34-4/h5-12,19-20,28-29H,13-14H2,1-4H3/t19?,20?,24-,25+. The number of benzene rings is 2. The van der Waals surface area contributed by atoms with Crippen molar-refractivity contribution in [1.29, 1.82) is 0 Å². The van der Waals surface area contributed by atoms with E-state index < -0.39 is 40.6 Å². The fraction of sp³-hybridized carbons (Fsp3) is 0.400. The number of Topliss-reactive ketones (excluding diaryl/α,β-unsaturated/α-hetero) is 1. The van der Waals surface area contributed by atoms with Crippen LogP contribution in [-0.2, 0) is 23.9 Å². The molecule has 9 nitrogen and oxygen atoms in total. The van der Waals surface area contributed by atoms with Gasteiger partial charge in [0.25, 0.3) is 0 Å². The van der Waals surface area contributed by atoms with Crippen molar-refractivity contribution in [2.24, 2.45) is 10.8 Å². The maximum atomic E-state index is 14.5. The minimum absolute atomic E-state index is 0.00860. The lowest BCUT2D eigenvalue weighted by molar-refractivity contribution is -0.202. The van der Waals surface area contributed by atoms with Gasteiger partial charge in [0.1, 0.15) is 11.5 Å². The number of nitrogens with zero attached hydrogens (tertiary/aromatic N) is 2. The number of piperidine rings is 2. The first-order chi connectivity index (χ1) is 16.1. The van der Waals surface area contributed by atoms with E-state index in [4.69, 9.17) is 9.47 Å². The van der Waals surface area contributed by atoms with Crippen molar-refractivity contribution in [2.75, 3.05) is 41.4 Å². The molecule has 0 amide bonds. The van der Waals surface area contributed by atoms with Gasteiger partial charge in [-0.05, 0) is 49.5 Å². The number of methoxy groups -OCH3 is 2. The van der Waals surface area contributed by atoms with Gasteiger partial charge in [0, 0.05) is 13.1 Å². The highest BCUT2D eigenvalue weighted by Crippen LogP contribution is 2.60. The summed E-state index contributed by atoms with van der Waals surface area (Å²) in [5.41, 5.74) is -2.52. The van der Waals surface area contributed by atoms with Crippen LogP contribution in [0.4, 0.5) is 0 Å². The number of phenols is 2. The number of esters is 2. The molecule has 9 heteroatoms. The molecule has 0 aromatic heterocycles. The molecular formula is C25H28N2O7. The lowest BCUT2D eigenvalue weighted by Gasteiger charge is -2.60. The molecule has 2 heterocycles. The highest BCUT2D eigenvalue weighted by Gasteiger charge is 2.74. The number of fused-ring (bicyclic) bond motifs is 2. The maximum absolute atomic E-state index is 14.5. The molecule has 2 aliphatic rings. The third-order valence-electron chi connectivity index (χ3n) is 7.07. The fourth-order valence-electron chi connectivity index (χ4n) is 6.05. The number of carbonyl (C=O) groups is 3. The number of rotatable bonds is 4. The van der Waals surface area contributed by atoms with E-state index in [1.807, 2.05) is 0 Å². The first-order valence-corrected chi connectivity index (χ1v) is 10.8. The van der Waals surface area contributed by atoms with Crippen molar-refractivity contribution in [3.8, 4) is 11.5 Å². The van der Waals surface area contributed by atoms with Gasteiger partial charge in [-0.25, -0.2) is 0 Å². The molecule has 2 unspecified atom stereocenters. The van der Waals surface area contributed by atoms with Crippen LogP contribution in [0.5, 0.6) is 11.5 Å². The minimum atomic E-state index is -1.77. The van der Waals surface area contributed by atoms with Crippen LogP contribution in [-0.4, -0.2) is 79.1 Å². The van der Waals surface area contributed by atoms with E-state index in [0.29, 0.717) is 11.1 Å². The maximum Gasteiger partial charge on any atom is 0.322 e. The van der Waals surface area contributed by atoms with E-state index >= 15 is 0 Å². The van der Waals surface area contributed by atoms with Crippen molar-refractivity contribution in [1.82, 2.24) is 9.80 Å². The van der Waals surface area contributed by atoms with Crippen LogP contribution in [0.15, 0.2) is 48.5 Å². The Kier molecular flexibility index (Phi) is 5.87. The smallest absolute Gasteiger partial charge is 0.322 e. The Labute approximate surface area is 197 Å². The van der Waals surface area contributed by atoms with Gasteiger partial charge in [0.05, 0.1) is 26.3 Å². The normalized spacial score (nSPS) is 29.5. The topological polar surface area (TPSA) is 117 Å². The second-order valence-corrected chi connectivity index (χ2v) is 9.09. The minimum Gasteiger partial charge on any atom is -0.508 e. The average Bonchev–Trinajstić information content (AvgIpc) is 2.80. The molecule has 0 radical (unpaired) electrons. The van der Waals surface area contributed by atoms with Crippen LogP contribution in [0, 0.1) is 10.8 Å². The number of likely N-dealkylation sites (tertiary alicyclic amines) is 2. The Bertz CT molecular complexity index is 1070. The molecular weight excluding hydrogens is 440 g/mol. The number of phenolic OH excluding ortho intramolecular Hbond substituents is 2. The predicted molar refractivity (Wildman–Crippen MR) is 121 cm³/mol. The number of ketones is 1. The van der Waals surface area contributed by atoms with Gasteiger partial charge in [0.2, 0.25) is 0 Å². The summed E-state index contributed by atoms with van der Waals surface area (Å²) in [6, 6.07) is 10.9. The molecule has 34 heavy (non-hydrogen) atoms. The molecule has 4 atom stereocenters. The molecule has 2 fully saturated rings. The molecule has 2 bridgehead atoms. The highest BCUT2D eigenvalue weighted by molar-refractivity contribution is 6.17. The first-order valence-electron chi connectivity index (χ1n) is 10.8. The summed E-state index contributed by atoms with van der Waals surface area (Å²) in [4.78, 5) is 45.0. The summed E-state index contributed by atoms with van der Waals surface area (Å²) in [6.07, 6.45) is 0. The summed E-state index contributed by atoms with van der Waals surface area (Å²) in [6.45, 7) is 0.0172. The second-order valence-electron chi connectivity index (χ2n) is 9.09. The number of carbonyl (C=O) groups excluding carboxylic acids is 3. The Morgan fingerprint density at radius 2 is 1.26 bits per heavy atom. The zero-order valence-electron chi connectivity index (χ0n) is 19.5. The summed E-state index contributed by atoms with van der Waals surface area (Å²) < 4.78 is 10.3. The van der Waals surface area contributed by atoms with Gasteiger partial charge in [-0.3, -0.25) is 19.3 Å². The van der Waals surface area contributed by atoms with Gasteiger partial charge in [0.15, 0.2) is 16.6 Å². The monoisotopic (exact) mass is 468 g/mol. The van der Waals surface area contributed by atoms with E-state index in [1.54, 1.807) is 48.2 Å². The van der Waals surface area contributed by atoms with Crippen LogP contribution in [0.3, 0.4) is 0 Å². The molecule has 2 aromatic rings. The van der Waals surface area contributed by atoms with Gasteiger partial charge in [-0.2, -0.15) is 0 Å². The van der Waals surface area contributed by atoms with E-state index in [1.165, 1.54) is 38.5 Å².